The van der Waals surface area contributed by atoms with E-state index in [1.807, 2.05) is 36.4 Å². The molecule has 5 heteroatoms. The van der Waals surface area contributed by atoms with Crippen LogP contribution in [-0.2, 0) is 15.1 Å². The van der Waals surface area contributed by atoms with E-state index in [9.17, 15) is 9.90 Å². The summed E-state index contributed by atoms with van der Waals surface area (Å²) in [6, 6.07) is 24.4. The Bertz CT molecular complexity index is 871. The van der Waals surface area contributed by atoms with Gasteiger partial charge in [0.2, 0.25) is 0 Å². The number of anilines is 1. The highest BCUT2D eigenvalue weighted by molar-refractivity contribution is 5.82. The van der Waals surface area contributed by atoms with Gasteiger partial charge < -0.3 is 19.9 Å². The largest absolute Gasteiger partial charge is 0.497 e. The molecule has 150 valence electrons. The molecule has 1 atom stereocenters. The van der Waals surface area contributed by atoms with Gasteiger partial charge in [0, 0.05) is 5.69 Å². The summed E-state index contributed by atoms with van der Waals surface area (Å²) >= 11 is 0. The quantitative estimate of drug-likeness (QED) is 0.569. The highest BCUT2D eigenvalue weighted by Crippen LogP contribution is 2.35. The summed E-state index contributed by atoms with van der Waals surface area (Å²) in [5, 5.41) is 15.2. The first-order valence-corrected chi connectivity index (χ1v) is 9.50. The van der Waals surface area contributed by atoms with Crippen LogP contribution in [0.2, 0.25) is 0 Å². The Morgan fingerprint density at radius 1 is 0.931 bits per heavy atom. The summed E-state index contributed by atoms with van der Waals surface area (Å²) in [6.07, 6.45) is 0. The molecule has 0 fully saturated rings. The molecule has 0 spiro atoms. The fourth-order valence-electron chi connectivity index (χ4n) is 3.30. The molecular weight excluding hydrogens is 366 g/mol. The molecule has 0 heterocycles. The van der Waals surface area contributed by atoms with Crippen molar-refractivity contribution in [2.45, 2.75) is 18.6 Å². The SMILES string of the molecule is CCOC(=O)C(Nc1ccc(OC)cc1)C(O)(c1ccccc1)c1ccccc1. The maximum atomic E-state index is 13.0. The summed E-state index contributed by atoms with van der Waals surface area (Å²) in [5.41, 5.74) is 0.194. The third kappa shape index (κ3) is 4.41. The minimum Gasteiger partial charge on any atom is -0.497 e. The van der Waals surface area contributed by atoms with Gasteiger partial charge in [0.15, 0.2) is 6.04 Å². The number of carbonyl (C=O) groups excluding carboxylic acids is 1. The Hall–Kier alpha value is -3.31. The Balaban J connectivity index is 2.10. The number of nitrogens with one attached hydrogen (secondary N) is 1. The fraction of sp³-hybridized carbons (Fsp3) is 0.208. The van der Waals surface area contributed by atoms with Crippen LogP contribution in [0.1, 0.15) is 18.1 Å². The molecule has 3 aromatic carbocycles. The Labute approximate surface area is 170 Å². The first-order valence-electron chi connectivity index (χ1n) is 9.50. The molecule has 0 aliphatic heterocycles. The lowest BCUT2D eigenvalue weighted by Gasteiger charge is -2.36. The third-order valence-corrected chi connectivity index (χ3v) is 4.77. The number of hydrogen-bond donors (Lipinski definition) is 2. The molecule has 5 nitrogen and oxygen atoms in total. The average Bonchev–Trinajstić information content (AvgIpc) is 2.78. The van der Waals surface area contributed by atoms with Crippen LogP contribution in [0.4, 0.5) is 5.69 Å². The van der Waals surface area contributed by atoms with Crippen molar-refractivity contribution in [1.82, 2.24) is 0 Å². The summed E-state index contributed by atoms with van der Waals surface area (Å²) in [7, 11) is 1.59. The van der Waals surface area contributed by atoms with Gasteiger partial charge in [0.1, 0.15) is 11.4 Å². The van der Waals surface area contributed by atoms with Crippen LogP contribution in [0.15, 0.2) is 84.9 Å². The van der Waals surface area contributed by atoms with Crippen LogP contribution in [-0.4, -0.2) is 30.8 Å². The van der Waals surface area contributed by atoms with E-state index >= 15 is 0 Å². The van der Waals surface area contributed by atoms with Crippen LogP contribution in [0.5, 0.6) is 5.75 Å². The highest BCUT2D eigenvalue weighted by Gasteiger charge is 2.45. The molecular formula is C24H25NO4. The van der Waals surface area contributed by atoms with E-state index in [1.165, 1.54) is 0 Å². The standard InChI is InChI=1S/C24H25NO4/c1-3-29-23(26)22(25-20-14-16-21(28-2)17-15-20)24(27,18-10-6-4-7-11-18)19-12-8-5-9-13-19/h4-17,22,25,27H,3H2,1-2H3. The van der Waals surface area contributed by atoms with Gasteiger partial charge in [-0.15, -0.1) is 0 Å². The second kappa shape index (κ2) is 9.26. The van der Waals surface area contributed by atoms with Gasteiger partial charge in [-0.25, -0.2) is 4.79 Å². The third-order valence-electron chi connectivity index (χ3n) is 4.77. The molecule has 0 saturated carbocycles. The van der Waals surface area contributed by atoms with Crippen molar-refractivity contribution in [3.8, 4) is 5.75 Å². The van der Waals surface area contributed by atoms with Gasteiger partial charge in [0.25, 0.3) is 0 Å². The summed E-state index contributed by atoms with van der Waals surface area (Å²) in [5.74, 6) is 0.156. The summed E-state index contributed by atoms with van der Waals surface area (Å²) in [6.45, 7) is 1.95. The number of rotatable bonds is 8. The molecule has 1 unspecified atom stereocenters. The van der Waals surface area contributed by atoms with Crippen molar-refractivity contribution < 1.29 is 19.4 Å². The van der Waals surface area contributed by atoms with E-state index in [0.717, 1.165) is 0 Å². The predicted octanol–water partition coefficient (Wildman–Crippen LogP) is 3.97. The number of benzene rings is 3. The summed E-state index contributed by atoms with van der Waals surface area (Å²) in [4.78, 5) is 13.0. The van der Waals surface area contributed by atoms with Crippen LogP contribution in [0, 0.1) is 0 Å². The van der Waals surface area contributed by atoms with E-state index in [0.29, 0.717) is 22.6 Å². The number of ether oxygens (including phenoxy) is 2. The maximum absolute atomic E-state index is 13.0. The minimum atomic E-state index is -1.64. The molecule has 0 aromatic heterocycles. The molecule has 0 aliphatic carbocycles. The molecule has 29 heavy (non-hydrogen) atoms. The van der Waals surface area contributed by atoms with E-state index in [1.54, 1.807) is 62.6 Å². The topological polar surface area (TPSA) is 67.8 Å². The van der Waals surface area contributed by atoms with Crippen molar-refractivity contribution in [2.75, 3.05) is 19.0 Å². The monoisotopic (exact) mass is 391 g/mol. The second-order valence-electron chi connectivity index (χ2n) is 6.56. The van der Waals surface area contributed by atoms with Crippen LogP contribution in [0.25, 0.3) is 0 Å². The molecule has 0 radical (unpaired) electrons. The van der Waals surface area contributed by atoms with Crippen LogP contribution >= 0.6 is 0 Å². The Morgan fingerprint density at radius 2 is 1.45 bits per heavy atom. The Morgan fingerprint density at radius 3 is 1.90 bits per heavy atom. The molecule has 0 amide bonds. The maximum Gasteiger partial charge on any atom is 0.332 e. The lowest BCUT2D eigenvalue weighted by Crippen LogP contribution is -2.51. The van der Waals surface area contributed by atoms with Gasteiger partial charge in [-0.05, 0) is 42.3 Å². The van der Waals surface area contributed by atoms with Crippen molar-refractivity contribution in [1.29, 1.82) is 0 Å². The van der Waals surface area contributed by atoms with Gasteiger partial charge in [0.05, 0.1) is 13.7 Å². The lowest BCUT2D eigenvalue weighted by atomic mass is 9.80. The van der Waals surface area contributed by atoms with Crippen molar-refractivity contribution in [3.63, 3.8) is 0 Å². The zero-order chi connectivity index (χ0) is 20.7. The van der Waals surface area contributed by atoms with E-state index in [-0.39, 0.29) is 6.61 Å². The van der Waals surface area contributed by atoms with Gasteiger partial charge in [-0.3, -0.25) is 0 Å². The van der Waals surface area contributed by atoms with Crippen molar-refractivity contribution >= 4 is 11.7 Å². The Kier molecular flexibility index (Phi) is 6.52. The van der Waals surface area contributed by atoms with Gasteiger partial charge >= 0.3 is 5.97 Å². The predicted molar refractivity (Wildman–Crippen MR) is 113 cm³/mol. The molecule has 0 saturated heterocycles. The van der Waals surface area contributed by atoms with Gasteiger partial charge in [-0.1, -0.05) is 60.7 Å². The molecule has 3 aromatic rings. The molecule has 2 N–H and O–H groups in total. The first-order chi connectivity index (χ1) is 14.1. The van der Waals surface area contributed by atoms with E-state index < -0.39 is 17.6 Å². The minimum absolute atomic E-state index is 0.208. The molecule has 3 rings (SSSR count). The van der Waals surface area contributed by atoms with Crippen LogP contribution in [0.3, 0.4) is 0 Å². The zero-order valence-electron chi connectivity index (χ0n) is 16.5. The van der Waals surface area contributed by atoms with E-state index in [2.05, 4.69) is 5.32 Å². The number of hydrogen-bond acceptors (Lipinski definition) is 5. The smallest absolute Gasteiger partial charge is 0.332 e. The van der Waals surface area contributed by atoms with E-state index in [4.69, 9.17) is 9.47 Å². The number of aliphatic hydroxyl groups is 1. The normalized spacial score (nSPS) is 12.1. The lowest BCUT2D eigenvalue weighted by molar-refractivity contribution is -0.149. The average molecular weight is 391 g/mol. The fourth-order valence-corrected chi connectivity index (χ4v) is 3.30. The van der Waals surface area contributed by atoms with Gasteiger partial charge in [-0.2, -0.15) is 0 Å². The van der Waals surface area contributed by atoms with Crippen molar-refractivity contribution in [2.24, 2.45) is 0 Å². The number of esters is 1. The highest BCUT2D eigenvalue weighted by atomic mass is 16.5. The molecule has 0 aliphatic rings. The summed E-state index contributed by atoms with van der Waals surface area (Å²) < 4.78 is 10.5. The second-order valence-corrected chi connectivity index (χ2v) is 6.56. The number of carbonyl (C=O) groups is 1. The first kappa shape index (κ1) is 20.4. The van der Waals surface area contributed by atoms with Crippen molar-refractivity contribution in [3.05, 3.63) is 96.1 Å². The van der Waals surface area contributed by atoms with Crippen LogP contribution < -0.4 is 10.1 Å². The molecule has 0 bridgehead atoms. The number of methoxy groups -OCH3 is 1. The zero-order valence-corrected chi connectivity index (χ0v) is 16.5.